The van der Waals surface area contributed by atoms with Crippen molar-refractivity contribution in [3.8, 4) is 12.3 Å². The molecule has 0 rings (SSSR count). The van der Waals surface area contributed by atoms with Crippen molar-refractivity contribution in [2.75, 3.05) is 6.54 Å². The lowest BCUT2D eigenvalue weighted by Crippen LogP contribution is -3.00. The van der Waals surface area contributed by atoms with E-state index in [4.69, 9.17) is 0 Å². The van der Waals surface area contributed by atoms with Gasteiger partial charge in [0.2, 0.25) is 24.0 Å². The first-order chi connectivity index (χ1) is 3.27. The fourth-order valence-corrected chi connectivity index (χ4v) is 0.123. The summed E-state index contributed by atoms with van der Waals surface area (Å²) in [4.78, 5) is 9.44. The van der Waals surface area contributed by atoms with E-state index >= 15 is 0 Å². The van der Waals surface area contributed by atoms with Crippen LogP contribution in [0.25, 0.3) is 0 Å². The molecule has 0 atom stereocenters. The number of carbonyl (C=O) groups is 1. The third-order valence-electron chi connectivity index (χ3n) is 0.335. The molecule has 0 saturated carbocycles. The van der Waals surface area contributed by atoms with Crippen molar-refractivity contribution in [3.63, 3.8) is 0 Å². The number of hydrogen-bond donors (Lipinski definition) is 1. The van der Waals surface area contributed by atoms with E-state index < -0.39 is 6.09 Å². The van der Waals surface area contributed by atoms with E-state index in [-0.39, 0.29) is 30.5 Å². The van der Waals surface area contributed by atoms with Crippen molar-refractivity contribution in [2.24, 2.45) is 0 Å². The van der Waals surface area contributed by atoms with Gasteiger partial charge in [0, 0.05) is 0 Å². The maximum atomic E-state index is 9.44. The summed E-state index contributed by atoms with van der Waals surface area (Å²) in [6, 6.07) is 0. The topological polar surface area (TPSA) is 52.2 Å². The minimum Gasteiger partial charge on any atom is -0.530 e. The molecule has 1 N–H and O–H groups in total. The number of rotatable bonds is 1. The molecule has 4 heteroatoms. The summed E-state index contributed by atoms with van der Waals surface area (Å²) in [7, 11) is 0. The van der Waals surface area contributed by atoms with Gasteiger partial charge in [-0.15, -0.1) is 6.42 Å². The first-order valence-corrected chi connectivity index (χ1v) is 1.65. The normalized spacial score (nSPS) is 5.88. The molecule has 0 heterocycles. The van der Waals surface area contributed by atoms with Crippen LogP contribution in [0.2, 0.25) is 0 Å². The Balaban J connectivity index is 0. The summed E-state index contributed by atoms with van der Waals surface area (Å²) in [5.41, 5.74) is 0. The lowest BCUT2D eigenvalue weighted by molar-refractivity contribution is -0.250. The highest BCUT2D eigenvalue weighted by atomic mass is 127. The third kappa shape index (κ3) is 9.12. The smallest absolute Gasteiger partial charge is 0.235 e. The van der Waals surface area contributed by atoms with Gasteiger partial charge in [-0.2, -0.15) is 0 Å². The largest absolute Gasteiger partial charge is 0.530 e. The first kappa shape index (κ1) is 10.5. The van der Waals surface area contributed by atoms with Crippen LogP contribution in [-0.4, -0.2) is 12.6 Å². The van der Waals surface area contributed by atoms with Crippen LogP contribution in [0.5, 0.6) is 0 Å². The van der Waals surface area contributed by atoms with Gasteiger partial charge < -0.3 is 15.2 Å². The molecule has 0 unspecified atom stereocenters. The van der Waals surface area contributed by atoms with E-state index in [0.717, 1.165) is 0 Å². The van der Waals surface area contributed by atoms with E-state index in [1.54, 1.807) is 0 Å². The molecule has 0 aromatic rings. The lowest BCUT2D eigenvalue weighted by atomic mass is 10.7. The molecule has 0 bridgehead atoms. The number of nitrogens with one attached hydrogen (secondary N) is 1. The van der Waals surface area contributed by atoms with Gasteiger partial charge in [0.25, 0.3) is 0 Å². The Kier molecular flexibility index (Phi) is 8.63. The van der Waals surface area contributed by atoms with Crippen LogP contribution in [0, 0.1) is 12.3 Å². The second-order valence-corrected chi connectivity index (χ2v) is 0.845. The van der Waals surface area contributed by atoms with Gasteiger partial charge >= 0.3 is 0 Å². The second kappa shape index (κ2) is 6.56. The Hall–Kier alpha value is -0.440. The monoisotopic (exact) mass is 227 g/mol. The first-order valence-electron chi connectivity index (χ1n) is 1.65. The number of carboxylic acid groups (broad SMARTS) is 1. The van der Waals surface area contributed by atoms with Gasteiger partial charge in [0.15, 0.2) is 0 Å². The van der Waals surface area contributed by atoms with Gasteiger partial charge in [0.1, 0.15) is 6.09 Å². The molecule has 0 radical (unpaired) electrons. The van der Waals surface area contributed by atoms with Crippen molar-refractivity contribution >= 4 is 6.09 Å². The van der Waals surface area contributed by atoms with E-state index in [1.807, 2.05) is 5.32 Å². The number of amides is 1. The molecule has 0 aliphatic heterocycles. The van der Waals surface area contributed by atoms with Gasteiger partial charge in [-0.25, -0.2) is 0 Å². The van der Waals surface area contributed by atoms with Crippen molar-refractivity contribution in [1.82, 2.24) is 5.32 Å². The SMILES string of the molecule is C#CCNC(=O)[O-].[IH2+]. The van der Waals surface area contributed by atoms with Gasteiger partial charge in [-0.05, 0) is 0 Å². The number of hydrogen-bond acceptors (Lipinski definition) is 2. The highest BCUT2D eigenvalue weighted by molar-refractivity contribution is 5.62. The fraction of sp³-hybridized carbons (Fsp3) is 0.250. The highest BCUT2D eigenvalue weighted by Crippen LogP contribution is 1.49. The third-order valence-corrected chi connectivity index (χ3v) is 0.335. The van der Waals surface area contributed by atoms with Crippen molar-refractivity contribution in [1.29, 1.82) is 0 Å². The standard InChI is InChI=1S/C4H5NO2.H2I/c1-2-3-5-4(6)7;/h1,5H,3H2,(H,6,7);1H2/q;+1/p-1. The molecule has 46 valence electrons. The summed E-state index contributed by atoms with van der Waals surface area (Å²) >= 11 is 0. The molecule has 1 amide bonds. The average Bonchev–Trinajstić information content (AvgIpc) is 1.61. The predicted octanol–water partition coefficient (Wildman–Crippen LogP) is -4.98. The zero-order valence-electron chi connectivity index (χ0n) is 4.05. The molecule has 3 nitrogen and oxygen atoms in total. The Labute approximate surface area is 64.5 Å². The molecular formula is C4H6INO2. The summed E-state index contributed by atoms with van der Waals surface area (Å²) in [6.07, 6.45) is 3.34. The lowest BCUT2D eigenvalue weighted by Gasteiger charge is -1.97. The van der Waals surface area contributed by atoms with Crippen LogP contribution in [0.4, 0.5) is 4.79 Å². The Bertz CT molecular complexity index is 107. The molecular weight excluding hydrogens is 221 g/mol. The summed E-state index contributed by atoms with van der Waals surface area (Å²) < 4.78 is 0. The van der Waals surface area contributed by atoms with E-state index in [1.165, 1.54) is 0 Å². The predicted molar refractivity (Wildman–Crippen MR) is 25.0 cm³/mol. The summed E-state index contributed by atoms with van der Waals surface area (Å²) in [5.74, 6) is 2.07. The second-order valence-electron chi connectivity index (χ2n) is 0.845. The van der Waals surface area contributed by atoms with Crippen LogP contribution in [0.3, 0.4) is 0 Å². The average molecular weight is 227 g/mol. The Morgan fingerprint density at radius 1 is 1.88 bits per heavy atom. The minimum absolute atomic E-state index is 0. The molecule has 0 aliphatic rings. The van der Waals surface area contributed by atoms with E-state index in [0.29, 0.717) is 0 Å². The summed E-state index contributed by atoms with van der Waals surface area (Å²) in [5, 5.41) is 11.3. The Morgan fingerprint density at radius 3 is 2.50 bits per heavy atom. The van der Waals surface area contributed by atoms with Crippen molar-refractivity contribution < 1.29 is 33.9 Å². The van der Waals surface area contributed by atoms with Crippen LogP contribution >= 0.6 is 0 Å². The molecule has 0 spiro atoms. The van der Waals surface area contributed by atoms with Crippen molar-refractivity contribution in [2.45, 2.75) is 0 Å². The minimum atomic E-state index is -1.34. The van der Waals surface area contributed by atoms with Crippen LogP contribution in [0.1, 0.15) is 0 Å². The van der Waals surface area contributed by atoms with Gasteiger partial charge in [-0.1, -0.05) is 5.92 Å². The van der Waals surface area contributed by atoms with Crippen LogP contribution in [-0.2, 0) is 0 Å². The zero-order chi connectivity index (χ0) is 5.70. The van der Waals surface area contributed by atoms with Crippen LogP contribution < -0.4 is 34.4 Å². The molecule has 0 aliphatic carbocycles. The fourth-order valence-electron chi connectivity index (χ4n) is 0.123. The number of halogens is 1. The number of terminal acetylenes is 1. The Morgan fingerprint density at radius 2 is 2.38 bits per heavy atom. The highest BCUT2D eigenvalue weighted by Gasteiger charge is 1.72. The molecule has 0 fully saturated rings. The van der Waals surface area contributed by atoms with E-state index in [2.05, 4.69) is 12.3 Å². The molecule has 0 aromatic carbocycles. The maximum Gasteiger partial charge on any atom is 0.235 e. The van der Waals surface area contributed by atoms with Gasteiger partial charge in [-0.3, -0.25) is 0 Å². The molecule has 0 saturated heterocycles. The zero-order valence-corrected chi connectivity index (χ0v) is 6.60. The maximum absolute atomic E-state index is 9.44. The number of carbonyl (C=O) groups excluding carboxylic acids is 1. The summed E-state index contributed by atoms with van der Waals surface area (Å²) in [6.45, 7) is 0.0162. The van der Waals surface area contributed by atoms with Crippen molar-refractivity contribution in [3.05, 3.63) is 0 Å². The molecule has 0 aromatic heterocycles. The van der Waals surface area contributed by atoms with E-state index in [9.17, 15) is 9.90 Å². The quantitative estimate of drug-likeness (QED) is 0.360. The van der Waals surface area contributed by atoms with Gasteiger partial charge in [0.05, 0.1) is 6.54 Å². The van der Waals surface area contributed by atoms with Crippen LogP contribution in [0.15, 0.2) is 0 Å². The molecule has 8 heavy (non-hydrogen) atoms.